The molecule has 1 aromatic rings. The second kappa shape index (κ2) is 4.63. The number of nitrogens with two attached hydrogens (primary N) is 1. The fourth-order valence-corrected chi connectivity index (χ4v) is 1.45. The van der Waals surface area contributed by atoms with Gasteiger partial charge in [0.2, 0.25) is 0 Å². The van der Waals surface area contributed by atoms with Gasteiger partial charge in [-0.2, -0.15) is 13.2 Å². The van der Waals surface area contributed by atoms with Gasteiger partial charge in [0, 0.05) is 18.5 Å². The zero-order valence-corrected chi connectivity index (χ0v) is 9.14. The van der Waals surface area contributed by atoms with Crippen LogP contribution in [0.2, 0.25) is 0 Å². The molecule has 0 amide bonds. The highest BCUT2D eigenvalue weighted by Crippen LogP contribution is 2.42. The number of aromatic nitrogens is 1. The largest absolute Gasteiger partial charge is 0.398 e. The van der Waals surface area contributed by atoms with E-state index in [4.69, 9.17) is 10.3 Å². The Morgan fingerprint density at radius 1 is 1.50 bits per heavy atom. The van der Waals surface area contributed by atoms with E-state index in [-0.39, 0.29) is 24.0 Å². The first-order valence-electron chi connectivity index (χ1n) is 4.75. The summed E-state index contributed by atoms with van der Waals surface area (Å²) in [5.41, 5.74) is 4.99. The van der Waals surface area contributed by atoms with Crippen molar-refractivity contribution in [1.82, 2.24) is 5.16 Å². The molecule has 0 bridgehead atoms. The summed E-state index contributed by atoms with van der Waals surface area (Å²) in [6.45, 7) is -0.500. The minimum Gasteiger partial charge on any atom is -0.361 e. The number of alkyl halides is 3. The zero-order chi connectivity index (χ0) is 11.1. The third-order valence-corrected chi connectivity index (χ3v) is 2.51. The summed E-state index contributed by atoms with van der Waals surface area (Å²) in [5.74, 6) is -0.903. The van der Waals surface area contributed by atoms with Gasteiger partial charge in [0.1, 0.15) is 11.7 Å². The fraction of sp³-hybridized carbons (Fsp3) is 0.667. The zero-order valence-electron chi connectivity index (χ0n) is 8.33. The molecule has 2 rings (SSSR count). The van der Waals surface area contributed by atoms with Crippen LogP contribution in [0, 0.1) is 0 Å². The topological polar surface area (TPSA) is 52.0 Å². The second-order valence-corrected chi connectivity index (χ2v) is 3.76. The van der Waals surface area contributed by atoms with E-state index in [2.05, 4.69) is 5.16 Å². The van der Waals surface area contributed by atoms with Crippen LogP contribution in [0.15, 0.2) is 10.6 Å². The van der Waals surface area contributed by atoms with Crippen LogP contribution in [-0.4, -0.2) is 17.9 Å². The first kappa shape index (κ1) is 13.3. The maximum Gasteiger partial charge on any atom is 0.398 e. The van der Waals surface area contributed by atoms with E-state index >= 15 is 0 Å². The molecule has 2 N–H and O–H groups in total. The van der Waals surface area contributed by atoms with Gasteiger partial charge >= 0.3 is 6.18 Å². The predicted octanol–water partition coefficient (Wildman–Crippen LogP) is 2.58. The Hall–Kier alpha value is -0.750. The lowest BCUT2D eigenvalue weighted by Crippen LogP contribution is -2.28. The molecule has 0 aromatic carbocycles. The summed E-state index contributed by atoms with van der Waals surface area (Å²) in [7, 11) is 0. The summed E-state index contributed by atoms with van der Waals surface area (Å²) in [6.07, 6.45) is -2.42. The van der Waals surface area contributed by atoms with Crippen LogP contribution in [-0.2, 0) is 0 Å². The van der Waals surface area contributed by atoms with Crippen molar-refractivity contribution >= 4 is 12.4 Å². The molecule has 0 radical (unpaired) electrons. The van der Waals surface area contributed by atoms with Crippen LogP contribution >= 0.6 is 12.4 Å². The lowest BCUT2D eigenvalue weighted by atomic mass is 10.1. The first-order chi connectivity index (χ1) is 7.02. The summed E-state index contributed by atoms with van der Waals surface area (Å²) < 4.78 is 42.3. The molecule has 0 saturated heterocycles. The molecule has 3 nitrogen and oxygen atoms in total. The van der Waals surface area contributed by atoms with Crippen molar-refractivity contribution in [3.05, 3.63) is 17.5 Å². The Kier molecular flexibility index (Phi) is 3.85. The minimum atomic E-state index is -4.35. The number of rotatable bonds is 3. The van der Waals surface area contributed by atoms with Crippen molar-refractivity contribution in [2.45, 2.75) is 30.9 Å². The standard InChI is InChI=1S/C9H11F3N2O.ClH/c10-9(11,12)6(4-13)7-3-8(15-14-7)5-1-2-5;/h3,5-6H,1-2,4,13H2;1H. The van der Waals surface area contributed by atoms with Crippen molar-refractivity contribution in [2.75, 3.05) is 6.54 Å². The Morgan fingerprint density at radius 2 is 2.12 bits per heavy atom. The lowest BCUT2D eigenvalue weighted by Gasteiger charge is -2.14. The summed E-state index contributed by atoms with van der Waals surface area (Å²) in [6, 6.07) is 1.38. The van der Waals surface area contributed by atoms with Gasteiger partial charge in [-0.15, -0.1) is 12.4 Å². The smallest absolute Gasteiger partial charge is 0.361 e. The van der Waals surface area contributed by atoms with Crippen molar-refractivity contribution in [3.63, 3.8) is 0 Å². The van der Waals surface area contributed by atoms with Crippen molar-refractivity contribution < 1.29 is 17.7 Å². The molecular weight excluding hydrogens is 245 g/mol. The van der Waals surface area contributed by atoms with Gasteiger partial charge in [-0.3, -0.25) is 0 Å². The van der Waals surface area contributed by atoms with Crippen LogP contribution in [0.3, 0.4) is 0 Å². The molecular formula is C9H12ClF3N2O. The van der Waals surface area contributed by atoms with E-state index in [0.29, 0.717) is 5.76 Å². The minimum absolute atomic E-state index is 0. The molecule has 1 aromatic heterocycles. The molecule has 1 saturated carbocycles. The normalized spacial score (nSPS) is 18.0. The third-order valence-electron chi connectivity index (χ3n) is 2.51. The average molecular weight is 257 g/mol. The van der Waals surface area contributed by atoms with E-state index in [9.17, 15) is 13.2 Å². The Labute approximate surface area is 96.6 Å². The third kappa shape index (κ3) is 2.68. The van der Waals surface area contributed by atoms with Crippen molar-refractivity contribution in [2.24, 2.45) is 5.73 Å². The van der Waals surface area contributed by atoms with E-state index in [0.717, 1.165) is 12.8 Å². The number of hydrogen-bond donors (Lipinski definition) is 1. The molecule has 16 heavy (non-hydrogen) atoms. The Balaban J connectivity index is 0.00000128. The van der Waals surface area contributed by atoms with Gasteiger partial charge < -0.3 is 10.3 Å². The molecule has 1 atom stereocenters. The highest BCUT2D eigenvalue weighted by molar-refractivity contribution is 5.85. The molecule has 1 aliphatic rings. The number of halogens is 4. The van der Waals surface area contributed by atoms with E-state index in [1.165, 1.54) is 6.07 Å². The van der Waals surface area contributed by atoms with Crippen LogP contribution in [0.5, 0.6) is 0 Å². The molecule has 0 spiro atoms. The SMILES string of the molecule is Cl.NCC(c1cc(C2CC2)on1)C(F)(F)F. The van der Waals surface area contributed by atoms with Gasteiger partial charge in [0.15, 0.2) is 0 Å². The van der Waals surface area contributed by atoms with E-state index in [1.807, 2.05) is 0 Å². The fourth-order valence-electron chi connectivity index (χ4n) is 1.45. The second-order valence-electron chi connectivity index (χ2n) is 3.76. The molecule has 92 valence electrons. The summed E-state index contributed by atoms with van der Waals surface area (Å²) in [5, 5.41) is 3.44. The predicted molar refractivity (Wildman–Crippen MR) is 53.6 cm³/mol. The van der Waals surface area contributed by atoms with Crippen LogP contribution in [0.4, 0.5) is 13.2 Å². The molecule has 1 heterocycles. The quantitative estimate of drug-likeness (QED) is 0.904. The monoisotopic (exact) mass is 256 g/mol. The maximum absolute atomic E-state index is 12.5. The Bertz CT molecular complexity index is 349. The van der Waals surface area contributed by atoms with E-state index in [1.54, 1.807) is 0 Å². The highest BCUT2D eigenvalue weighted by Gasteiger charge is 2.42. The van der Waals surface area contributed by atoms with Gasteiger partial charge in [-0.1, -0.05) is 5.16 Å². The van der Waals surface area contributed by atoms with Gasteiger partial charge in [0.05, 0.1) is 5.69 Å². The molecule has 1 fully saturated rings. The van der Waals surface area contributed by atoms with Gasteiger partial charge in [-0.05, 0) is 12.8 Å². The van der Waals surface area contributed by atoms with Crippen LogP contribution in [0.1, 0.15) is 36.1 Å². The first-order valence-corrected chi connectivity index (χ1v) is 4.75. The molecule has 1 aliphatic carbocycles. The molecule has 0 aliphatic heterocycles. The Morgan fingerprint density at radius 3 is 2.56 bits per heavy atom. The van der Waals surface area contributed by atoms with Gasteiger partial charge in [-0.25, -0.2) is 0 Å². The number of nitrogens with zero attached hydrogens (tertiary/aromatic N) is 1. The average Bonchev–Trinajstić information content (AvgIpc) is 2.86. The summed E-state index contributed by atoms with van der Waals surface area (Å²) >= 11 is 0. The maximum atomic E-state index is 12.5. The van der Waals surface area contributed by atoms with Crippen molar-refractivity contribution in [1.29, 1.82) is 0 Å². The molecule has 1 unspecified atom stereocenters. The van der Waals surface area contributed by atoms with Crippen LogP contribution in [0.25, 0.3) is 0 Å². The number of hydrogen-bond acceptors (Lipinski definition) is 3. The van der Waals surface area contributed by atoms with E-state index < -0.39 is 18.6 Å². The lowest BCUT2D eigenvalue weighted by molar-refractivity contribution is -0.149. The molecule has 7 heteroatoms. The summed E-state index contributed by atoms with van der Waals surface area (Å²) in [4.78, 5) is 0. The highest BCUT2D eigenvalue weighted by atomic mass is 35.5. The van der Waals surface area contributed by atoms with Crippen molar-refractivity contribution in [3.8, 4) is 0 Å². The van der Waals surface area contributed by atoms with Gasteiger partial charge in [0.25, 0.3) is 0 Å². The van der Waals surface area contributed by atoms with Crippen LogP contribution < -0.4 is 5.73 Å².